The molecule has 0 radical (unpaired) electrons. The second kappa shape index (κ2) is 27.8. The Bertz CT molecular complexity index is 832. The molecule has 0 aliphatic rings. The van der Waals surface area contributed by atoms with Crippen molar-refractivity contribution in [2.75, 3.05) is 0 Å². The van der Waals surface area contributed by atoms with Crippen molar-refractivity contribution in [2.45, 2.75) is 0 Å². The number of hydrogen-bond donors (Lipinski definition) is 6. The fourth-order valence-electron chi connectivity index (χ4n) is 1.29. The first-order valence-electron chi connectivity index (χ1n) is 9.40. The fraction of sp³-hybridized carbons (Fsp3) is 0. The predicted octanol–water partition coefficient (Wildman–Crippen LogP) is 0.194. The summed E-state index contributed by atoms with van der Waals surface area (Å²) in [5, 5.41) is 8.55. The van der Waals surface area contributed by atoms with Crippen molar-refractivity contribution in [1.29, 1.82) is 0 Å². The Morgan fingerprint density at radius 1 is 0.486 bits per heavy atom. The molecule has 0 amide bonds. The smallest absolute Gasteiger partial charge is 0.726 e. The molecule has 202 valence electrons. The van der Waals surface area contributed by atoms with Gasteiger partial charge in [0.1, 0.15) is 0 Å². The third-order valence-electron chi connectivity index (χ3n) is 2.52. The molecule has 0 fully saturated rings. The summed E-state index contributed by atoms with van der Waals surface area (Å²) in [5.41, 5.74) is 0. The summed E-state index contributed by atoms with van der Waals surface area (Å²) < 4.78 is 28.8. The van der Waals surface area contributed by atoms with Crippen LogP contribution >= 0.6 is 0 Å². The van der Waals surface area contributed by atoms with Gasteiger partial charge in [-0.25, -0.2) is 38.3 Å². The Kier molecular flexibility index (Phi) is 26.1. The van der Waals surface area contributed by atoms with Crippen molar-refractivity contribution >= 4 is 10.4 Å². The molecule has 6 aromatic heterocycles. The van der Waals surface area contributed by atoms with E-state index in [1.807, 2.05) is 0 Å². The maximum Gasteiger partial charge on any atom is 2.00 e. The zero-order valence-corrected chi connectivity index (χ0v) is 20.6. The van der Waals surface area contributed by atoms with E-state index < -0.39 is 10.4 Å². The molecule has 6 aromatic rings. The van der Waals surface area contributed by atoms with Gasteiger partial charge < -0.3 is 44.0 Å². The van der Waals surface area contributed by atoms with Gasteiger partial charge in [-0.2, -0.15) is 0 Å². The third-order valence-corrected chi connectivity index (χ3v) is 2.69. The summed E-state index contributed by atoms with van der Waals surface area (Å²) in [6.07, 6.45) is 30.5. The van der Waals surface area contributed by atoms with Crippen LogP contribution in [0, 0.1) is 0 Å². The first kappa shape index (κ1) is 34.7. The van der Waals surface area contributed by atoms with E-state index >= 15 is 0 Å². The molecular formula is C18H24N12NiO5S. The summed E-state index contributed by atoms with van der Waals surface area (Å²) >= 11 is 0. The second-order valence-corrected chi connectivity index (χ2v) is 5.99. The van der Waals surface area contributed by atoms with E-state index in [0.717, 1.165) is 0 Å². The van der Waals surface area contributed by atoms with Gasteiger partial charge in [0.15, 0.2) is 0 Å². The average molecular weight is 579 g/mol. The minimum atomic E-state index is -4.97. The number of hydrogen-bond acceptors (Lipinski definition) is 11. The van der Waals surface area contributed by atoms with E-state index in [9.17, 15) is 0 Å². The van der Waals surface area contributed by atoms with E-state index in [2.05, 4.69) is 64.1 Å². The molecule has 0 bridgehead atoms. The molecule has 0 aliphatic carbocycles. The SMILES string of the molecule is O=S(=O)([O-])O[O-].[Ni+2].c1c[nH]cn1.c1c[nH]cn1.c1c[nH]cn1.c1c[nH]cn1.c1c[nH]cn1.c1c[nH]cn1. The Hall–Kier alpha value is -4.42. The molecule has 6 N–H and O–H groups in total. The van der Waals surface area contributed by atoms with Gasteiger partial charge in [0.25, 0.3) is 0 Å². The molecule has 6 rings (SSSR count). The topological polar surface area (TPSA) is 262 Å². The summed E-state index contributed by atoms with van der Waals surface area (Å²) in [5.74, 6) is 0. The maximum atomic E-state index is 8.91. The summed E-state index contributed by atoms with van der Waals surface area (Å²) in [6.45, 7) is 0. The number of nitrogens with one attached hydrogen (secondary N) is 6. The van der Waals surface area contributed by atoms with Gasteiger partial charge in [0, 0.05) is 74.4 Å². The van der Waals surface area contributed by atoms with Crippen molar-refractivity contribution < 1.29 is 39.1 Å². The molecule has 6 heterocycles. The normalized spacial score (nSPS) is 8.38. The Morgan fingerprint density at radius 2 is 0.649 bits per heavy atom. The van der Waals surface area contributed by atoms with Crippen molar-refractivity contribution in [3.8, 4) is 0 Å². The number of imidazole rings is 6. The Labute approximate surface area is 221 Å². The molecule has 0 aromatic carbocycles. The monoisotopic (exact) mass is 578 g/mol. The number of nitrogens with zero attached hydrogens (tertiary/aromatic N) is 6. The largest absolute Gasteiger partial charge is 2.00 e. The number of H-pyrrole nitrogens is 6. The standard InChI is InChI=1S/6C3H4N2.Ni.H2O5S/c6*1-2-5-3-4-1;;1-5-6(2,3)4/h6*1-3H,(H,4,5);;1H,(H,2,3,4)/q;;;;;;+2;/p-2. The molecule has 0 atom stereocenters. The minimum Gasteiger partial charge on any atom is -0.726 e. The van der Waals surface area contributed by atoms with Gasteiger partial charge >= 0.3 is 16.5 Å². The van der Waals surface area contributed by atoms with Crippen molar-refractivity contribution in [1.82, 2.24) is 59.8 Å². The third kappa shape index (κ3) is 33.8. The van der Waals surface area contributed by atoms with E-state index in [-0.39, 0.29) is 16.5 Å². The van der Waals surface area contributed by atoms with Crippen LogP contribution in [0.4, 0.5) is 0 Å². The van der Waals surface area contributed by atoms with Gasteiger partial charge in [0.05, 0.1) is 38.0 Å². The summed E-state index contributed by atoms with van der Waals surface area (Å²) in [7, 11) is -4.97. The van der Waals surface area contributed by atoms with Crippen LogP contribution in [0.1, 0.15) is 0 Å². The van der Waals surface area contributed by atoms with Gasteiger partial charge in [0.2, 0.25) is 10.4 Å². The van der Waals surface area contributed by atoms with Crippen LogP contribution in [0.2, 0.25) is 0 Å². The first-order valence-corrected chi connectivity index (χ1v) is 10.7. The van der Waals surface area contributed by atoms with E-state index in [4.69, 9.17) is 18.2 Å². The van der Waals surface area contributed by atoms with E-state index in [1.54, 1.807) is 112 Å². The predicted molar refractivity (Wildman–Crippen MR) is 122 cm³/mol. The zero-order chi connectivity index (χ0) is 26.4. The molecule has 19 heteroatoms. The van der Waals surface area contributed by atoms with Gasteiger partial charge in [-0.1, -0.05) is 0 Å². The number of aromatic amines is 6. The van der Waals surface area contributed by atoms with Crippen LogP contribution in [-0.4, -0.2) is 72.8 Å². The van der Waals surface area contributed by atoms with Crippen LogP contribution in [0.25, 0.3) is 0 Å². The van der Waals surface area contributed by atoms with E-state index in [0.29, 0.717) is 0 Å². The van der Waals surface area contributed by atoms with Crippen LogP contribution in [0.5, 0.6) is 0 Å². The van der Waals surface area contributed by atoms with Crippen LogP contribution < -0.4 is 5.26 Å². The number of rotatable bonds is 1. The zero-order valence-electron chi connectivity index (χ0n) is 18.8. The van der Waals surface area contributed by atoms with Crippen molar-refractivity contribution in [3.63, 3.8) is 0 Å². The summed E-state index contributed by atoms with van der Waals surface area (Å²) in [4.78, 5) is 38.5. The summed E-state index contributed by atoms with van der Waals surface area (Å²) in [6, 6.07) is 0. The van der Waals surface area contributed by atoms with Crippen molar-refractivity contribution in [2.24, 2.45) is 0 Å². The Balaban J connectivity index is 0. The van der Waals surface area contributed by atoms with Crippen molar-refractivity contribution in [3.05, 3.63) is 112 Å². The van der Waals surface area contributed by atoms with Gasteiger partial charge in [-0.15, -0.1) is 0 Å². The van der Waals surface area contributed by atoms with E-state index in [1.165, 1.54) is 0 Å². The first-order chi connectivity index (χ1) is 17.6. The van der Waals surface area contributed by atoms with Crippen LogP contribution in [-0.2, 0) is 31.2 Å². The second-order valence-electron chi connectivity index (χ2n) is 5.04. The maximum absolute atomic E-state index is 8.91. The Morgan fingerprint density at radius 3 is 0.676 bits per heavy atom. The van der Waals surface area contributed by atoms with Gasteiger partial charge in [-0.3, -0.25) is 0 Å². The average Bonchev–Trinajstić information content (AvgIpc) is 3.81. The molecule has 0 unspecified atom stereocenters. The number of aromatic nitrogens is 12. The molecule has 17 nitrogen and oxygen atoms in total. The molecular weight excluding hydrogens is 555 g/mol. The minimum absolute atomic E-state index is 0. The van der Waals surface area contributed by atoms with Crippen LogP contribution in [0.3, 0.4) is 0 Å². The van der Waals surface area contributed by atoms with Gasteiger partial charge in [-0.05, 0) is 0 Å². The molecule has 0 saturated carbocycles. The van der Waals surface area contributed by atoms with Crippen LogP contribution in [0.15, 0.2) is 112 Å². The molecule has 0 saturated heterocycles. The molecule has 37 heavy (non-hydrogen) atoms. The molecule has 0 spiro atoms. The molecule has 0 aliphatic heterocycles. The fourth-order valence-corrected chi connectivity index (χ4v) is 1.29. The quantitative estimate of drug-likeness (QED) is 0.0504.